The van der Waals surface area contributed by atoms with Crippen LogP contribution in [0.15, 0.2) is 71.6 Å². The number of amides is 1. The van der Waals surface area contributed by atoms with Crippen molar-refractivity contribution in [1.82, 2.24) is 4.31 Å². The minimum Gasteiger partial charge on any atom is -0.497 e. The van der Waals surface area contributed by atoms with Crippen molar-refractivity contribution in [3.05, 3.63) is 66.7 Å². The van der Waals surface area contributed by atoms with Gasteiger partial charge in [0.1, 0.15) is 5.75 Å². The Bertz CT molecular complexity index is 1320. The molecule has 3 aromatic carbocycles. The first-order valence-corrected chi connectivity index (χ1v) is 12.9. The third-order valence-corrected chi connectivity index (χ3v) is 8.08. The van der Waals surface area contributed by atoms with Gasteiger partial charge < -0.3 is 14.8 Å². The zero-order chi connectivity index (χ0) is 25.0. The summed E-state index contributed by atoms with van der Waals surface area (Å²) in [5, 5.41) is 4.84. The third-order valence-electron chi connectivity index (χ3n) is 6.16. The Balaban J connectivity index is 1.30. The Kier molecular flexibility index (Phi) is 7.37. The fourth-order valence-corrected chi connectivity index (χ4v) is 5.53. The average Bonchev–Trinajstić information content (AvgIpc) is 2.88. The average molecular weight is 497 g/mol. The number of hydrogen-bond acceptors (Lipinski definition) is 6. The molecule has 0 aliphatic carbocycles. The molecule has 1 unspecified atom stereocenters. The summed E-state index contributed by atoms with van der Waals surface area (Å²) in [5.74, 6) is -0.807. The SMILES string of the molecule is COc1ccc(S(=O)(=O)N2CCC(C(=O)OC(C)C(=O)Nc3ccc4ccccc4c3)CC2)cc1. The van der Waals surface area contributed by atoms with Crippen molar-refractivity contribution >= 4 is 38.4 Å². The number of piperidine rings is 1. The molecule has 1 fully saturated rings. The van der Waals surface area contributed by atoms with E-state index in [-0.39, 0.29) is 18.0 Å². The summed E-state index contributed by atoms with van der Waals surface area (Å²) in [6.45, 7) is 1.93. The van der Waals surface area contributed by atoms with Gasteiger partial charge in [-0.05, 0) is 66.9 Å². The molecule has 0 saturated carbocycles. The number of sulfonamides is 1. The first-order valence-electron chi connectivity index (χ1n) is 11.4. The van der Waals surface area contributed by atoms with Gasteiger partial charge in [0.25, 0.3) is 5.91 Å². The first kappa shape index (κ1) is 24.7. The van der Waals surface area contributed by atoms with Crippen molar-refractivity contribution in [3.63, 3.8) is 0 Å². The topological polar surface area (TPSA) is 102 Å². The molecule has 0 bridgehead atoms. The van der Waals surface area contributed by atoms with Gasteiger partial charge in [-0.15, -0.1) is 0 Å². The summed E-state index contributed by atoms with van der Waals surface area (Å²) in [4.78, 5) is 25.4. The van der Waals surface area contributed by atoms with E-state index in [9.17, 15) is 18.0 Å². The van der Waals surface area contributed by atoms with Crippen LogP contribution in [0.25, 0.3) is 10.8 Å². The molecule has 0 spiro atoms. The highest BCUT2D eigenvalue weighted by molar-refractivity contribution is 7.89. The van der Waals surface area contributed by atoms with Crippen molar-refractivity contribution in [1.29, 1.82) is 0 Å². The highest BCUT2D eigenvalue weighted by Gasteiger charge is 2.34. The predicted octanol–water partition coefficient (Wildman–Crippen LogP) is 3.82. The van der Waals surface area contributed by atoms with Crippen molar-refractivity contribution in [3.8, 4) is 5.75 Å². The Morgan fingerprint density at radius 1 is 0.971 bits per heavy atom. The molecule has 1 aliphatic heterocycles. The Morgan fingerprint density at radius 2 is 1.63 bits per heavy atom. The molecular formula is C26H28N2O6S. The number of nitrogens with one attached hydrogen (secondary N) is 1. The highest BCUT2D eigenvalue weighted by atomic mass is 32.2. The van der Waals surface area contributed by atoms with E-state index in [0.29, 0.717) is 24.3 Å². The van der Waals surface area contributed by atoms with Crippen molar-refractivity contribution < 1.29 is 27.5 Å². The van der Waals surface area contributed by atoms with E-state index in [1.807, 2.05) is 36.4 Å². The minimum atomic E-state index is -3.66. The van der Waals surface area contributed by atoms with Crippen LogP contribution in [0, 0.1) is 5.92 Å². The molecule has 35 heavy (non-hydrogen) atoms. The van der Waals surface area contributed by atoms with E-state index in [1.54, 1.807) is 18.2 Å². The number of benzene rings is 3. The van der Waals surface area contributed by atoms with Gasteiger partial charge in [0.2, 0.25) is 10.0 Å². The van der Waals surface area contributed by atoms with Crippen LogP contribution in [0.1, 0.15) is 19.8 Å². The van der Waals surface area contributed by atoms with E-state index in [4.69, 9.17) is 9.47 Å². The Labute approximate surface area is 204 Å². The van der Waals surface area contributed by atoms with Gasteiger partial charge in [-0.2, -0.15) is 4.31 Å². The second-order valence-corrected chi connectivity index (χ2v) is 10.4. The number of carbonyl (C=O) groups is 2. The number of anilines is 1. The molecule has 0 aromatic heterocycles. The Morgan fingerprint density at radius 3 is 2.29 bits per heavy atom. The first-order chi connectivity index (χ1) is 16.8. The molecule has 184 valence electrons. The zero-order valence-corrected chi connectivity index (χ0v) is 20.5. The van der Waals surface area contributed by atoms with Crippen molar-refractivity contribution in [2.45, 2.75) is 30.8 Å². The smallest absolute Gasteiger partial charge is 0.309 e. The highest BCUT2D eigenvalue weighted by Crippen LogP contribution is 2.26. The predicted molar refractivity (Wildman–Crippen MR) is 133 cm³/mol. The van der Waals surface area contributed by atoms with Gasteiger partial charge >= 0.3 is 5.97 Å². The van der Waals surface area contributed by atoms with Gasteiger partial charge in [-0.3, -0.25) is 9.59 Å². The van der Waals surface area contributed by atoms with Crippen LogP contribution < -0.4 is 10.1 Å². The van der Waals surface area contributed by atoms with Gasteiger partial charge in [0, 0.05) is 18.8 Å². The fourth-order valence-electron chi connectivity index (χ4n) is 4.06. The lowest BCUT2D eigenvalue weighted by Gasteiger charge is -2.30. The van der Waals surface area contributed by atoms with Crippen LogP contribution in [-0.2, 0) is 24.3 Å². The van der Waals surface area contributed by atoms with Gasteiger partial charge in [0.05, 0.1) is 17.9 Å². The van der Waals surface area contributed by atoms with Crippen molar-refractivity contribution in [2.75, 3.05) is 25.5 Å². The molecule has 1 heterocycles. The molecule has 4 rings (SSSR count). The molecule has 0 radical (unpaired) electrons. The minimum absolute atomic E-state index is 0.179. The number of fused-ring (bicyclic) bond motifs is 1. The molecule has 1 N–H and O–H groups in total. The van der Waals surface area contributed by atoms with E-state index in [0.717, 1.165) is 10.8 Å². The molecule has 1 atom stereocenters. The second-order valence-electron chi connectivity index (χ2n) is 8.48. The normalized spacial score (nSPS) is 15.9. The van der Waals surface area contributed by atoms with Crippen molar-refractivity contribution in [2.24, 2.45) is 5.92 Å². The van der Waals surface area contributed by atoms with E-state index in [1.165, 1.54) is 30.5 Å². The van der Waals surface area contributed by atoms with Crippen LogP contribution in [-0.4, -0.2) is 50.9 Å². The quantitative estimate of drug-likeness (QED) is 0.499. The number of carbonyl (C=O) groups excluding carboxylic acids is 2. The monoisotopic (exact) mass is 496 g/mol. The maximum atomic E-state index is 12.9. The number of nitrogens with zero attached hydrogens (tertiary/aromatic N) is 1. The lowest BCUT2D eigenvalue weighted by molar-refractivity contribution is -0.158. The lowest BCUT2D eigenvalue weighted by atomic mass is 9.98. The van der Waals surface area contributed by atoms with Gasteiger partial charge in [-0.1, -0.05) is 30.3 Å². The summed E-state index contributed by atoms with van der Waals surface area (Å²) < 4.78 is 37.7. The van der Waals surface area contributed by atoms with E-state index in [2.05, 4.69) is 5.32 Å². The molecule has 8 nitrogen and oxygen atoms in total. The molecule has 1 amide bonds. The summed E-state index contributed by atoms with van der Waals surface area (Å²) in [6, 6.07) is 19.6. The summed E-state index contributed by atoms with van der Waals surface area (Å²) in [7, 11) is -2.15. The van der Waals surface area contributed by atoms with Gasteiger partial charge in [0.15, 0.2) is 6.10 Å². The van der Waals surface area contributed by atoms with Crippen LogP contribution in [0.3, 0.4) is 0 Å². The van der Waals surface area contributed by atoms with E-state index >= 15 is 0 Å². The third kappa shape index (κ3) is 5.63. The lowest BCUT2D eigenvalue weighted by Crippen LogP contribution is -2.41. The molecule has 3 aromatic rings. The molecule has 1 saturated heterocycles. The Hall–Kier alpha value is -3.43. The van der Waals surface area contributed by atoms with Gasteiger partial charge in [-0.25, -0.2) is 8.42 Å². The van der Waals surface area contributed by atoms with Crippen LogP contribution >= 0.6 is 0 Å². The number of methoxy groups -OCH3 is 1. The number of esters is 1. The number of ether oxygens (including phenoxy) is 2. The fraction of sp³-hybridized carbons (Fsp3) is 0.308. The maximum absolute atomic E-state index is 12.9. The maximum Gasteiger partial charge on any atom is 0.309 e. The summed E-state index contributed by atoms with van der Waals surface area (Å²) >= 11 is 0. The molecular weight excluding hydrogens is 468 g/mol. The van der Waals surface area contributed by atoms with Crippen LogP contribution in [0.2, 0.25) is 0 Å². The largest absolute Gasteiger partial charge is 0.497 e. The molecule has 9 heteroatoms. The number of hydrogen-bond donors (Lipinski definition) is 1. The second kappa shape index (κ2) is 10.5. The zero-order valence-electron chi connectivity index (χ0n) is 19.6. The number of rotatable bonds is 7. The van der Waals surface area contributed by atoms with Crippen LogP contribution in [0.4, 0.5) is 5.69 Å². The molecule has 1 aliphatic rings. The summed E-state index contributed by atoms with van der Waals surface area (Å²) in [5.41, 5.74) is 0.619. The van der Waals surface area contributed by atoms with Crippen LogP contribution in [0.5, 0.6) is 5.75 Å². The summed E-state index contributed by atoms with van der Waals surface area (Å²) in [6.07, 6.45) is -0.324. The van der Waals surface area contributed by atoms with E-state index < -0.39 is 33.9 Å². The standard InChI is InChI=1S/C26H28N2O6S/c1-18(25(29)27-22-8-7-19-5-3-4-6-21(19)17-22)34-26(30)20-13-15-28(16-14-20)35(31,32)24-11-9-23(33-2)10-12-24/h3-12,17-18,20H,13-16H2,1-2H3,(H,27,29).